The maximum Gasteiger partial charge on any atom is 0.321 e. The Balaban J connectivity index is 1.94. The third-order valence-electron chi connectivity index (χ3n) is 3.46. The Labute approximate surface area is 161 Å². The van der Waals surface area contributed by atoms with Crippen molar-refractivity contribution in [3.63, 3.8) is 0 Å². The van der Waals surface area contributed by atoms with Crippen molar-refractivity contribution in [2.24, 2.45) is 0 Å². The predicted molar refractivity (Wildman–Crippen MR) is 102 cm³/mol. The van der Waals surface area contributed by atoms with Gasteiger partial charge < -0.3 is 5.32 Å². The van der Waals surface area contributed by atoms with Gasteiger partial charge in [-0.25, -0.2) is 4.79 Å². The van der Waals surface area contributed by atoms with Gasteiger partial charge in [-0.1, -0.05) is 30.0 Å². The maximum absolute atomic E-state index is 12.2. The van der Waals surface area contributed by atoms with E-state index in [4.69, 9.17) is 0 Å². The fourth-order valence-corrected chi connectivity index (χ4v) is 4.18. The highest BCUT2D eigenvalue weighted by Gasteiger charge is 2.35. The summed E-state index contributed by atoms with van der Waals surface area (Å²) in [6, 6.07) is -0.309. The molecule has 144 valence electrons. The number of hydrogen-bond donors (Lipinski definition) is 2. The van der Waals surface area contributed by atoms with Crippen molar-refractivity contribution in [1.29, 1.82) is 0 Å². The predicted octanol–water partition coefficient (Wildman–Crippen LogP) is 2.55. The highest BCUT2D eigenvalue weighted by Crippen LogP contribution is 2.37. The van der Waals surface area contributed by atoms with Crippen molar-refractivity contribution < 1.29 is 14.4 Å². The Kier molecular flexibility index (Phi) is 6.62. The van der Waals surface area contributed by atoms with Gasteiger partial charge in [0.15, 0.2) is 4.34 Å². The number of nitrogens with zero attached hydrogens (tertiary/aromatic N) is 3. The van der Waals surface area contributed by atoms with Crippen molar-refractivity contribution in [3.05, 3.63) is 0 Å². The third kappa shape index (κ3) is 5.94. The van der Waals surface area contributed by atoms with Crippen LogP contribution in [0.1, 0.15) is 53.9 Å². The summed E-state index contributed by atoms with van der Waals surface area (Å²) in [4.78, 5) is 37.8. The van der Waals surface area contributed by atoms with Crippen molar-refractivity contribution >= 4 is 46.1 Å². The van der Waals surface area contributed by atoms with Gasteiger partial charge in [0.2, 0.25) is 16.9 Å². The Morgan fingerprint density at radius 1 is 1.31 bits per heavy atom. The van der Waals surface area contributed by atoms with Gasteiger partial charge in [0.05, 0.1) is 5.25 Å². The normalized spacial score (nSPS) is 15.3. The van der Waals surface area contributed by atoms with Gasteiger partial charge in [0.25, 0.3) is 0 Å². The smallest absolute Gasteiger partial charge is 0.321 e. The highest BCUT2D eigenvalue weighted by atomic mass is 32.2. The van der Waals surface area contributed by atoms with Gasteiger partial charge in [-0.15, -0.1) is 10.2 Å². The Morgan fingerprint density at radius 2 is 1.96 bits per heavy atom. The van der Waals surface area contributed by atoms with E-state index in [1.165, 1.54) is 23.1 Å². The van der Waals surface area contributed by atoms with Gasteiger partial charge >= 0.3 is 6.03 Å². The average Bonchev–Trinajstić information content (AvgIpc) is 3.24. The Hall–Kier alpha value is -1.68. The van der Waals surface area contributed by atoms with E-state index in [1.54, 1.807) is 11.8 Å². The molecule has 1 aromatic rings. The molecule has 0 spiro atoms. The fourth-order valence-electron chi connectivity index (χ4n) is 2.11. The van der Waals surface area contributed by atoms with Crippen molar-refractivity contribution in [2.45, 2.75) is 75.1 Å². The molecule has 1 aliphatic rings. The minimum atomic E-state index is -0.527. The summed E-state index contributed by atoms with van der Waals surface area (Å²) in [6.07, 6.45) is 2.38. The molecule has 1 atom stereocenters. The van der Waals surface area contributed by atoms with Gasteiger partial charge in [-0.2, -0.15) is 0 Å². The molecule has 8 nitrogen and oxygen atoms in total. The number of imide groups is 1. The summed E-state index contributed by atoms with van der Waals surface area (Å²) >= 11 is 2.51. The summed E-state index contributed by atoms with van der Waals surface area (Å²) in [5, 5.41) is 13.2. The van der Waals surface area contributed by atoms with Crippen LogP contribution in [-0.2, 0) is 9.59 Å². The molecule has 26 heavy (non-hydrogen) atoms. The van der Waals surface area contributed by atoms with Crippen LogP contribution < -0.4 is 15.5 Å². The van der Waals surface area contributed by atoms with Crippen LogP contribution in [0.15, 0.2) is 4.34 Å². The number of aromatic nitrogens is 2. The molecule has 0 bridgehead atoms. The molecule has 1 aromatic heterocycles. The number of thioether (sulfide) groups is 1. The molecule has 2 rings (SSSR count). The molecular formula is C16H25N5O3S2. The molecular weight excluding hydrogens is 374 g/mol. The first-order chi connectivity index (χ1) is 12.1. The van der Waals surface area contributed by atoms with Crippen LogP contribution in [0.5, 0.6) is 0 Å². The van der Waals surface area contributed by atoms with E-state index in [-0.39, 0.29) is 11.9 Å². The number of urea groups is 1. The van der Waals surface area contributed by atoms with Crippen LogP contribution in [0.25, 0.3) is 0 Å². The molecule has 1 heterocycles. The lowest BCUT2D eigenvalue weighted by molar-refractivity contribution is -0.119. The first-order valence-corrected chi connectivity index (χ1v) is 10.3. The summed E-state index contributed by atoms with van der Waals surface area (Å²) in [5.41, 5.74) is -0.424. The second-order valence-electron chi connectivity index (χ2n) is 7.15. The van der Waals surface area contributed by atoms with Gasteiger partial charge in [-0.3, -0.25) is 19.8 Å². The van der Waals surface area contributed by atoms with Crippen LogP contribution in [0, 0.1) is 0 Å². The zero-order chi connectivity index (χ0) is 19.5. The molecule has 2 N–H and O–H groups in total. The molecule has 0 aliphatic heterocycles. The number of nitrogens with one attached hydrogen (secondary N) is 2. The van der Waals surface area contributed by atoms with Crippen LogP contribution in [0.2, 0.25) is 0 Å². The Morgan fingerprint density at radius 3 is 2.50 bits per heavy atom. The standard InChI is InChI=1S/C16H25N5O3S2/c1-6-11(22)21(10-7-8-10)14-19-20-15(26-14)25-9(2)12(23)17-13(24)18-16(3,4)5/h9-10H,6-8H2,1-5H3,(H2,17,18,23,24)/t9-/m0/s1. The van der Waals surface area contributed by atoms with Gasteiger partial charge in [-0.05, 0) is 40.5 Å². The lowest BCUT2D eigenvalue weighted by Crippen LogP contribution is -2.49. The van der Waals surface area contributed by atoms with Crippen LogP contribution in [0.3, 0.4) is 0 Å². The summed E-state index contributed by atoms with van der Waals surface area (Å²) in [7, 11) is 0. The van der Waals surface area contributed by atoms with Crippen molar-refractivity contribution in [1.82, 2.24) is 20.8 Å². The first kappa shape index (κ1) is 20.6. The zero-order valence-corrected chi connectivity index (χ0v) is 17.3. The van der Waals surface area contributed by atoms with E-state index in [0.29, 0.717) is 15.9 Å². The van der Waals surface area contributed by atoms with E-state index < -0.39 is 22.7 Å². The number of amides is 4. The highest BCUT2D eigenvalue weighted by molar-refractivity contribution is 8.02. The second-order valence-corrected chi connectivity index (χ2v) is 9.70. The minimum absolute atomic E-state index is 0.0323. The van der Waals surface area contributed by atoms with Crippen molar-refractivity contribution in [2.75, 3.05) is 4.90 Å². The number of rotatable bonds is 6. The lowest BCUT2D eigenvalue weighted by Gasteiger charge is -2.21. The summed E-state index contributed by atoms with van der Waals surface area (Å²) in [5.74, 6) is -0.373. The van der Waals surface area contributed by atoms with Crippen LogP contribution in [0.4, 0.5) is 9.93 Å². The zero-order valence-electron chi connectivity index (χ0n) is 15.7. The Bertz CT molecular complexity index is 682. The molecule has 0 aromatic carbocycles. The topological polar surface area (TPSA) is 104 Å². The SMILES string of the molecule is CCC(=O)N(c1nnc(S[C@@H](C)C(=O)NC(=O)NC(C)(C)C)s1)C1CC1. The van der Waals surface area contributed by atoms with E-state index in [9.17, 15) is 14.4 Å². The van der Waals surface area contributed by atoms with E-state index in [0.717, 1.165) is 12.8 Å². The average molecular weight is 400 g/mol. The number of anilines is 1. The maximum atomic E-state index is 12.2. The van der Waals surface area contributed by atoms with Crippen LogP contribution >= 0.6 is 23.1 Å². The number of carbonyl (C=O) groups excluding carboxylic acids is 3. The monoisotopic (exact) mass is 399 g/mol. The molecule has 0 saturated heterocycles. The van der Waals surface area contributed by atoms with E-state index in [1.807, 2.05) is 27.7 Å². The van der Waals surface area contributed by atoms with Crippen LogP contribution in [-0.4, -0.2) is 44.9 Å². The molecule has 10 heteroatoms. The fraction of sp³-hybridized carbons (Fsp3) is 0.688. The quantitative estimate of drug-likeness (QED) is 0.563. The van der Waals surface area contributed by atoms with Crippen molar-refractivity contribution in [3.8, 4) is 0 Å². The molecule has 4 amide bonds. The second kappa shape index (κ2) is 8.34. The van der Waals surface area contributed by atoms with E-state index >= 15 is 0 Å². The molecule has 0 radical (unpaired) electrons. The summed E-state index contributed by atoms with van der Waals surface area (Å²) in [6.45, 7) is 9.02. The minimum Gasteiger partial charge on any atom is -0.333 e. The molecule has 1 saturated carbocycles. The largest absolute Gasteiger partial charge is 0.333 e. The van der Waals surface area contributed by atoms with Gasteiger partial charge in [0.1, 0.15) is 0 Å². The van der Waals surface area contributed by atoms with Gasteiger partial charge in [0, 0.05) is 18.0 Å². The molecule has 0 unspecified atom stereocenters. The number of hydrogen-bond acceptors (Lipinski definition) is 7. The van der Waals surface area contributed by atoms with E-state index in [2.05, 4.69) is 20.8 Å². The number of carbonyl (C=O) groups is 3. The molecule has 1 aliphatic carbocycles. The third-order valence-corrected chi connectivity index (χ3v) is 5.56. The molecule has 1 fully saturated rings. The summed E-state index contributed by atoms with van der Waals surface area (Å²) < 4.78 is 0.591. The lowest BCUT2D eigenvalue weighted by atomic mass is 10.1. The first-order valence-electron chi connectivity index (χ1n) is 8.56.